The smallest absolute Gasteiger partial charge is 0.257 e. The van der Waals surface area contributed by atoms with Crippen LogP contribution in [0.25, 0.3) is 0 Å². The van der Waals surface area contributed by atoms with E-state index in [0.29, 0.717) is 6.54 Å². The average Bonchev–Trinajstić information content (AvgIpc) is 2.37. The largest absolute Gasteiger partial charge is 0.364 e. The van der Waals surface area contributed by atoms with Crippen LogP contribution in [-0.4, -0.2) is 15.9 Å². The Hall–Kier alpha value is -2.43. The van der Waals surface area contributed by atoms with Crippen LogP contribution in [0.4, 0.5) is 0 Å². The van der Waals surface area contributed by atoms with E-state index in [4.69, 9.17) is 0 Å². The molecule has 2 heterocycles. The molecule has 2 rings (SSSR count). The van der Waals surface area contributed by atoms with Gasteiger partial charge in [0.15, 0.2) is 5.43 Å². The predicted octanol–water partition coefficient (Wildman–Crippen LogP) is 1.32. The lowest BCUT2D eigenvalue weighted by atomic mass is 10.1. The highest BCUT2D eigenvalue weighted by atomic mass is 16.2. The Labute approximate surface area is 110 Å². The fourth-order valence-electron chi connectivity index (χ4n) is 1.72. The van der Waals surface area contributed by atoms with Gasteiger partial charge in [0.25, 0.3) is 5.91 Å². The molecule has 0 saturated carbocycles. The molecule has 0 aromatic carbocycles. The van der Waals surface area contributed by atoms with E-state index in [0.717, 1.165) is 16.8 Å². The molecule has 0 aliphatic heterocycles. The van der Waals surface area contributed by atoms with Crippen LogP contribution in [-0.2, 0) is 6.54 Å². The number of carbonyl (C=O) groups is 1. The normalized spacial score (nSPS) is 10.2. The van der Waals surface area contributed by atoms with Crippen LogP contribution in [0.1, 0.15) is 27.2 Å². The average molecular weight is 257 g/mol. The molecule has 0 radical (unpaired) electrons. The summed E-state index contributed by atoms with van der Waals surface area (Å²) >= 11 is 0. The first kappa shape index (κ1) is 13.0. The summed E-state index contributed by atoms with van der Waals surface area (Å²) < 4.78 is 0. The van der Waals surface area contributed by atoms with Crippen LogP contribution in [0.2, 0.25) is 0 Å². The van der Waals surface area contributed by atoms with Crippen LogP contribution in [0, 0.1) is 13.8 Å². The summed E-state index contributed by atoms with van der Waals surface area (Å²) in [5.41, 5.74) is 2.55. The number of hydrogen-bond donors (Lipinski definition) is 2. The Kier molecular flexibility index (Phi) is 3.75. The maximum Gasteiger partial charge on any atom is 0.257 e. The van der Waals surface area contributed by atoms with Crippen LogP contribution in [0.15, 0.2) is 35.5 Å². The fraction of sp³-hybridized carbons (Fsp3) is 0.214. The zero-order chi connectivity index (χ0) is 13.8. The van der Waals surface area contributed by atoms with E-state index >= 15 is 0 Å². The van der Waals surface area contributed by atoms with Crippen molar-refractivity contribution >= 4 is 5.91 Å². The number of aromatic amines is 1. The Morgan fingerprint density at radius 1 is 1.42 bits per heavy atom. The number of nitrogens with zero attached hydrogens (tertiary/aromatic N) is 1. The van der Waals surface area contributed by atoms with Crippen molar-refractivity contribution in [2.45, 2.75) is 20.4 Å². The number of aryl methyl sites for hydroxylation is 2. The lowest BCUT2D eigenvalue weighted by Gasteiger charge is -2.07. The van der Waals surface area contributed by atoms with Crippen molar-refractivity contribution in [2.24, 2.45) is 0 Å². The first-order chi connectivity index (χ1) is 9.08. The molecule has 0 fully saturated rings. The summed E-state index contributed by atoms with van der Waals surface area (Å²) in [6.45, 7) is 4.07. The zero-order valence-electron chi connectivity index (χ0n) is 10.9. The molecule has 0 spiro atoms. The van der Waals surface area contributed by atoms with Gasteiger partial charge in [-0.1, -0.05) is 0 Å². The van der Waals surface area contributed by atoms with E-state index in [1.54, 1.807) is 19.3 Å². The molecule has 0 atom stereocenters. The fourth-order valence-corrected chi connectivity index (χ4v) is 1.72. The monoisotopic (exact) mass is 257 g/mol. The Morgan fingerprint density at radius 2 is 2.21 bits per heavy atom. The summed E-state index contributed by atoms with van der Waals surface area (Å²) in [6.07, 6.45) is 4.85. The summed E-state index contributed by atoms with van der Waals surface area (Å²) in [7, 11) is 0. The maximum atomic E-state index is 11.9. The Balaban J connectivity index is 2.10. The third kappa shape index (κ3) is 3.07. The minimum atomic E-state index is -0.377. The lowest BCUT2D eigenvalue weighted by Crippen LogP contribution is -2.28. The van der Waals surface area contributed by atoms with Gasteiger partial charge < -0.3 is 10.3 Å². The standard InChI is InChI=1S/C14H15N3O2/c1-9-6-15-4-3-11(9)7-17-14(19)12-8-16-10(2)5-13(12)18/h3-6,8H,7H2,1-2H3,(H,16,18)(H,17,19). The molecule has 0 saturated heterocycles. The van der Waals surface area contributed by atoms with Crippen molar-refractivity contribution in [1.82, 2.24) is 15.3 Å². The first-order valence-electron chi connectivity index (χ1n) is 5.95. The molecule has 0 aliphatic carbocycles. The van der Waals surface area contributed by atoms with Crippen molar-refractivity contribution in [3.8, 4) is 0 Å². The number of hydrogen-bond acceptors (Lipinski definition) is 3. The van der Waals surface area contributed by atoms with Crippen LogP contribution in [0.3, 0.4) is 0 Å². The number of carbonyl (C=O) groups excluding carboxylic acids is 1. The third-order valence-electron chi connectivity index (χ3n) is 2.88. The van der Waals surface area contributed by atoms with E-state index < -0.39 is 0 Å². The molecule has 5 heteroatoms. The summed E-state index contributed by atoms with van der Waals surface area (Å²) in [5, 5.41) is 2.73. The number of amides is 1. The zero-order valence-corrected chi connectivity index (χ0v) is 10.9. The van der Waals surface area contributed by atoms with Gasteiger partial charge >= 0.3 is 0 Å². The van der Waals surface area contributed by atoms with Crippen molar-refractivity contribution in [1.29, 1.82) is 0 Å². The molecule has 2 N–H and O–H groups in total. The minimum Gasteiger partial charge on any atom is -0.364 e. The van der Waals surface area contributed by atoms with Crippen molar-refractivity contribution in [2.75, 3.05) is 0 Å². The van der Waals surface area contributed by atoms with Crippen LogP contribution >= 0.6 is 0 Å². The highest BCUT2D eigenvalue weighted by Crippen LogP contribution is 2.04. The maximum absolute atomic E-state index is 11.9. The van der Waals surface area contributed by atoms with Gasteiger partial charge in [-0.3, -0.25) is 14.6 Å². The molecule has 0 unspecified atom stereocenters. The van der Waals surface area contributed by atoms with E-state index in [1.165, 1.54) is 12.3 Å². The van der Waals surface area contributed by atoms with Gasteiger partial charge in [-0.15, -0.1) is 0 Å². The van der Waals surface area contributed by atoms with Gasteiger partial charge in [0, 0.05) is 36.9 Å². The van der Waals surface area contributed by atoms with Crippen molar-refractivity contribution in [3.63, 3.8) is 0 Å². The molecule has 19 heavy (non-hydrogen) atoms. The topological polar surface area (TPSA) is 74.8 Å². The summed E-state index contributed by atoms with van der Waals surface area (Å²) in [5.74, 6) is -0.377. The van der Waals surface area contributed by atoms with Crippen LogP contribution in [0.5, 0.6) is 0 Å². The van der Waals surface area contributed by atoms with Gasteiger partial charge in [-0.2, -0.15) is 0 Å². The van der Waals surface area contributed by atoms with Gasteiger partial charge in [0.2, 0.25) is 0 Å². The molecular weight excluding hydrogens is 242 g/mol. The molecule has 0 aliphatic rings. The lowest BCUT2D eigenvalue weighted by molar-refractivity contribution is 0.0949. The van der Waals surface area contributed by atoms with Crippen molar-refractivity contribution in [3.05, 3.63) is 63.3 Å². The van der Waals surface area contributed by atoms with Crippen molar-refractivity contribution < 1.29 is 4.79 Å². The molecular formula is C14H15N3O2. The minimum absolute atomic E-state index is 0.123. The van der Waals surface area contributed by atoms with Gasteiger partial charge in [0.05, 0.1) is 0 Å². The van der Waals surface area contributed by atoms with E-state index in [2.05, 4.69) is 15.3 Å². The second-order valence-corrected chi connectivity index (χ2v) is 4.38. The third-order valence-corrected chi connectivity index (χ3v) is 2.88. The van der Waals surface area contributed by atoms with Gasteiger partial charge in [0.1, 0.15) is 5.56 Å². The number of aromatic nitrogens is 2. The van der Waals surface area contributed by atoms with E-state index in [-0.39, 0.29) is 16.9 Å². The number of rotatable bonds is 3. The van der Waals surface area contributed by atoms with Crippen LogP contribution < -0.4 is 10.7 Å². The molecule has 1 amide bonds. The second-order valence-electron chi connectivity index (χ2n) is 4.38. The molecule has 2 aromatic heterocycles. The summed E-state index contributed by atoms with van der Waals surface area (Å²) in [4.78, 5) is 30.4. The number of nitrogens with one attached hydrogen (secondary N) is 2. The van der Waals surface area contributed by atoms with E-state index in [1.807, 2.05) is 13.0 Å². The number of pyridine rings is 2. The molecule has 0 bridgehead atoms. The van der Waals surface area contributed by atoms with Gasteiger partial charge in [-0.25, -0.2) is 0 Å². The Morgan fingerprint density at radius 3 is 2.89 bits per heavy atom. The molecule has 98 valence electrons. The SMILES string of the molecule is Cc1cc(=O)c(C(=O)NCc2ccncc2C)c[nH]1. The summed E-state index contributed by atoms with van der Waals surface area (Å²) in [6, 6.07) is 3.25. The van der Waals surface area contributed by atoms with Gasteiger partial charge in [-0.05, 0) is 31.0 Å². The predicted molar refractivity (Wildman–Crippen MR) is 71.9 cm³/mol. The number of H-pyrrole nitrogens is 1. The molecule has 5 nitrogen and oxygen atoms in total. The quantitative estimate of drug-likeness (QED) is 0.870. The highest BCUT2D eigenvalue weighted by molar-refractivity contribution is 5.93. The highest BCUT2D eigenvalue weighted by Gasteiger charge is 2.10. The Bertz CT molecular complexity index is 662. The van der Waals surface area contributed by atoms with E-state index in [9.17, 15) is 9.59 Å². The first-order valence-corrected chi connectivity index (χ1v) is 5.95. The molecule has 2 aromatic rings. The second kappa shape index (κ2) is 5.48.